The van der Waals surface area contributed by atoms with E-state index in [1.165, 1.54) is 0 Å². The maximum Gasteiger partial charge on any atom is 0.428 e. The second-order valence-electron chi connectivity index (χ2n) is 7.46. The fraction of sp³-hybridized carbons (Fsp3) is 0.125. The van der Waals surface area contributed by atoms with E-state index in [1.807, 2.05) is 6.92 Å². The van der Waals surface area contributed by atoms with Crippen LogP contribution < -0.4 is 4.31 Å². The summed E-state index contributed by atoms with van der Waals surface area (Å²) in [6.45, 7) is 2.29. The molecule has 0 aliphatic heterocycles. The lowest BCUT2D eigenvalue weighted by Crippen LogP contribution is -2.37. The predicted molar refractivity (Wildman–Crippen MR) is 125 cm³/mol. The minimum Gasteiger partial charge on any atom is -0.452 e. The quantitative estimate of drug-likeness (QED) is 0.358. The molecule has 4 aromatic rings. The van der Waals surface area contributed by atoms with E-state index < -0.39 is 38.5 Å². The molecule has 0 N–H and O–H groups in total. The van der Waals surface area contributed by atoms with E-state index in [0.29, 0.717) is 29.8 Å². The van der Waals surface area contributed by atoms with Gasteiger partial charge in [-0.3, -0.25) is 9.67 Å². The van der Waals surface area contributed by atoms with Crippen LogP contribution in [0.4, 0.5) is 23.7 Å². The molecule has 0 unspecified atom stereocenters. The highest BCUT2D eigenvalue weighted by molar-refractivity contribution is 7.93. The van der Waals surface area contributed by atoms with Crippen molar-refractivity contribution in [3.05, 3.63) is 84.6 Å². The first-order valence-electron chi connectivity index (χ1n) is 10.5. The van der Waals surface area contributed by atoms with Crippen LogP contribution in [0.15, 0.2) is 72.0 Å². The second kappa shape index (κ2) is 9.82. The summed E-state index contributed by atoms with van der Waals surface area (Å²) >= 11 is 0. The zero-order chi connectivity index (χ0) is 26.0. The van der Waals surface area contributed by atoms with Crippen LogP contribution >= 0.6 is 0 Å². The smallest absolute Gasteiger partial charge is 0.428 e. The average Bonchev–Trinajstić information content (AvgIpc) is 3.31. The van der Waals surface area contributed by atoms with Crippen molar-refractivity contribution in [1.82, 2.24) is 14.8 Å². The Hall–Kier alpha value is -4.19. The number of halogens is 3. The largest absolute Gasteiger partial charge is 0.452 e. The summed E-state index contributed by atoms with van der Waals surface area (Å²) in [7, 11) is -4.09. The molecule has 0 radical (unpaired) electrons. The minimum atomic E-state index is -5.00. The molecule has 4 rings (SSSR count). The zero-order valence-corrected chi connectivity index (χ0v) is 19.8. The number of carbonyl (C=O) groups excluding carboxylic acids is 1. The number of hydrogen-bond acceptors (Lipinski definition) is 6. The van der Waals surface area contributed by atoms with E-state index in [4.69, 9.17) is 0 Å². The molecule has 1 amide bonds. The summed E-state index contributed by atoms with van der Waals surface area (Å²) in [6.07, 6.45) is 3.38. The molecule has 2 heterocycles. The Kier molecular flexibility index (Phi) is 6.80. The van der Waals surface area contributed by atoms with Crippen LogP contribution in [-0.2, 0) is 21.3 Å². The van der Waals surface area contributed by atoms with Gasteiger partial charge in [0.25, 0.3) is 10.0 Å². The highest BCUT2D eigenvalue weighted by Gasteiger charge is 2.35. The first-order chi connectivity index (χ1) is 17.2. The fourth-order valence-electron chi connectivity index (χ4n) is 3.54. The van der Waals surface area contributed by atoms with E-state index in [1.54, 1.807) is 35.4 Å². The number of sulfonamides is 1. The Balaban J connectivity index is 1.92. The molecule has 12 heteroatoms. The lowest BCUT2D eigenvalue weighted by molar-refractivity contribution is 0.183. The summed E-state index contributed by atoms with van der Waals surface area (Å²) in [6, 6.07) is 8.21. The van der Waals surface area contributed by atoms with Crippen molar-refractivity contribution in [2.45, 2.75) is 18.4 Å². The summed E-state index contributed by atoms with van der Waals surface area (Å²) in [5.74, 6) is -3.07. The number of ether oxygens (including phenoxy) is 1. The SMILES string of the molecule is CCn1cc(-c2ccncc2)c(-c2cc(N(C(=O)OC)S(=O)(=O)c3cc(F)ccc3F)ccc2F)n1. The highest BCUT2D eigenvalue weighted by Crippen LogP contribution is 2.36. The highest BCUT2D eigenvalue weighted by atomic mass is 32.2. The average molecular weight is 517 g/mol. The van der Waals surface area contributed by atoms with Crippen LogP contribution in [0, 0.1) is 17.5 Å². The third-order valence-corrected chi connectivity index (χ3v) is 6.98. The van der Waals surface area contributed by atoms with Crippen LogP contribution in [-0.4, -0.2) is 36.4 Å². The molecule has 0 aliphatic rings. The first-order valence-corrected chi connectivity index (χ1v) is 12.0. The lowest BCUT2D eigenvalue weighted by atomic mass is 10.0. The van der Waals surface area contributed by atoms with Gasteiger partial charge >= 0.3 is 6.09 Å². The molecule has 0 spiro atoms. The molecule has 0 atom stereocenters. The number of aryl methyl sites for hydroxylation is 1. The van der Waals surface area contributed by atoms with Crippen molar-refractivity contribution in [3.63, 3.8) is 0 Å². The Morgan fingerprint density at radius 2 is 1.69 bits per heavy atom. The molecular formula is C24H19F3N4O4S. The van der Waals surface area contributed by atoms with E-state index in [-0.39, 0.29) is 21.2 Å². The number of benzene rings is 2. The molecule has 0 bridgehead atoms. The molecule has 186 valence electrons. The molecule has 2 aromatic heterocycles. The number of amides is 1. The zero-order valence-electron chi connectivity index (χ0n) is 19.0. The number of rotatable bonds is 6. The van der Waals surface area contributed by atoms with Crippen LogP contribution in [0.5, 0.6) is 0 Å². The molecule has 36 heavy (non-hydrogen) atoms. The van der Waals surface area contributed by atoms with Gasteiger partial charge in [-0.15, -0.1) is 0 Å². The number of aromatic nitrogens is 3. The van der Waals surface area contributed by atoms with Crippen molar-refractivity contribution in [2.24, 2.45) is 0 Å². The van der Waals surface area contributed by atoms with Gasteiger partial charge in [0.1, 0.15) is 28.0 Å². The van der Waals surface area contributed by atoms with Crippen molar-refractivity contribution >= 4 is 21.8 Å². The number of hydrogen-bond donors (Lipinski definition) is 0. The van der Waals surface area contributed by atoms with Gasteiger partial charge in [-0.05, 0) is 61.0 Å². The van der Waals surface area contributed by atoms with Gasteiger partial charge in [-0.2, -0.15) is 9.40 Å². The standard InChI is InChI=1S/C24H19F3N4O4S/c1-3-30-14-19(15-8-10-28-11-9-15)23(29-30)18-13-17(5-7-20(18)26)31(24(32)35-2)36(33,34)22-12-16(25)4-6-21(22)27/h4-14H,3H2,1-2H3. The minimum absolute atomic E-state index is 0.129. The van der Waals surface area contributed by atoms with Gasteiger partial charge in [-0.25, -0.2) is 26.4 Å². The lowest BCUT2D eigenvalue weighted by Gasteiger charge is -2.22. The van der Waals surface area contributed by atoms with Crippen LogP contribution in [0.25, 0.3) is 22.4 Å². The predicted octanol–water partition coefficient (Wildman–Crippen LogP) is 5.01. The Morgan fingerprint density at radius 3 is 2.36 bits per heavy atom. The summed E-state index contributed by atoms with van der Waals surface area (Å²) in [5, 5.41) is 4.41. The van der Waals surface area contributed by atoms with Crippen LogP contribution in [0.3, 0.4) is 0 Å². The molecule has 8 nitrogen and oxygen atoms in total. The summed E-state index contributed by atoms with van der Waals surface area (Å²) in [5.41, 5.74) is 0.869. The maximum atomic E-state index is 15.1. The van der Waals surface area contributed by atoms with Crippen molar-refractivity contribution in [1.29, 1.82) is 0 Å². The second-order valence-corrected chi connectivity index (χ2v) is 9.22. The van der Waals surface area contributed by atoms with E-state index in [9.17, 15) is 22.0 Å². The molecule has 0 fully saturated rings. The molecular weight excluding hydrogens is 497 g/mol. The van der Waals surface area contributed by atoms with Gasteiger partial charge in [0, 0.05) is 36.3 Å². The Morgan fingerprint density at radius 1 is 1.00 bits per heavy atom. The number of pyridine rings is 1. The van der Waals surface area contributed by atoms with Crippen molar-refractivity contribution in [3.8, 4) is 22.4 Å². The maximum absolute atomic E-state index is 15.1. The van der Waals surface area contributed by atoms with Crippen molar-refractivity contribution in [2.75, 3.05) is 11.4 Å². The molecule has 0 saturated heterocycles. The summed E-state index contributed by atoms with van der Waals surface area (Å²) < 4.78 is 76.1. The number of carbonyl (C=O) groups is 1. The van der Waals surface area contributed by atoms with E-state index in [2.05, 4.69) is 14.8 Å². The van der Waals surface area contributed by atoms with Crippen LogP contribution in [0.2, 0.25) is 0 Å². The van der Waals surface area contributed by atoms with Crippen molar-refractivity contribution < 1.29 is 31.1 Å². The van der Waals surface area contributed by atoms with E-state index in [0.717, 1.165) is 31.4 Å². The fourth-order valence-corrected chi connectivity index (χ4v) is 4.98. The van der Waals surface area contributed by atoms with Gasteiger partial charge in [-0.1, -0.05) is 0 Å². The van der Waals surface area contributed by atoms with Gasteiger partial charge in [0.05, 0.1) is 12.8 Å². The molecule has 0 aliphatic carbocycles. The monoisotopic (exact) mass is 516 g/mol. The topological polar surface area (TPSA) is 94.4 Å². The summed E-state index contributed by atoms with van der Waals surface area (Å²) in [4.78, 5) is 15.5. The third kappa shape index (κ3) is 4.54. The molecule has 2 aromatic carbocycles. The third-order valence-electron chi connectivity index (χ3n) is 5.27. The molecule has 0 saturated carbocycles. The first kappa shape index (κ1) is 24.9. The normalized spacial score (nSPS) is 11.4. The van der Waals surface area contributed by atoms with Gasteiger partial charge in [0.2, 0.25) is 0 Å². The van der Waals surface area contributed by atoms with Gasteiger partial charge in [0.15, 0.2) is 0 Å². The Bertz CT molecular complexity index is 1540. The number of nitrogens with zero attached hydrogens (tertiary/aromatic N) is 4. The number of methoxy groups -OCH3 is 1. The van der Waals surface area contributed by atoms with Crippen LogP contribution in [0.1, 0.15) is 6.92 Å². The van der Waals surface area contributed by atoms with Gasteiger partial charge < -0.3 is 4.74 Å². The Labute approximate surface area is 204 Å². The van der Waals surface area contributed by atoms with E-state index >= 15 is 4.39 Å². The number of anilines is 1.